The van der Waals surface area contributed by atoms with Crippen LogP contribution in [-0.2, 0) is 0 Å². The zero-order valence-electron chi connectivity index (χ0n) is 29.3. The van der Waals surface area contributed by atoms with Crippen LogP contribution in [-0.4, -0.2) is 19.1 Å². The van der Waals surface area contributed by atoms with E-state index < -0.39 is 0 Å². The molecule has 0 spiro atoms. The van der Waals surface area contributed by atoms with Gasteiger partial charge in [0, 0.05) is 44.1 Å². The van der Waals surface area contributed by atoms with Crippen LogP contribution in [0.3, 0.4) is 0 Å². The molecule has 11 rings (SSSR count). The van der Waals surface area contributed by atoms with Gasteiger partial charge in [0.1, 0.15) is 5.82 Å². The molecule has 0 aliphatic heterocycles. The predicted molar refractivity (Wildman–Crippen MR) is 225 cm³/mol. The lowest BCUT2D eigenvalue weighted by atomic mass is 10.0. The molecule has 4 nitrogen and oxygen atoms in total. The van der Waals surface area contributed by atoms with Crippen LogP contribution in [0.25, 0.3) is 99.7 Å². The van der Waals surface area contributed by atoms with Crippen LogP contribution in [0.2, 0.25) is 0 Å². The lowest BCUT2D eigenvalue weighted by Gasteiger charge is -2.12. The second kappa shape index (κ2) is 12.1. The fourth-order valence-electron chi connectivity index (χ4n) is 8.24. The number of benzene rings is 8. The highest BCUT2D eigenvalue weighted by atomic mass is 15.1. The van der Waals surface area contributed by atoms with Crippen LogP contribution in [0.4, 0.5) is 0 Å². The number of hydrogen-bond acceptors (Lipinski definition) is 2. The van der Waals surface area contributed by atoms with Crippen molar-refractivity contribution in [3.63, 3.8) is 0 Å². The molecule has 0 bridgehead atoms. The van der Waals surface area contributed by atoms with E-state index in [0.717, 1.165) is 33.7 Å². The number of para-hydroxylation sites is 2. The van der Waals surface area contributed by atoms with Gasteiger partial charge in [-0.05, 0) is 59.0 Å². The molecule has 0 saturated carbocycles. The first-order valence-corrected chi connectivity index (χ1v) is 18.3. The fraction of sp³-hybridized carbons (Fsp3) is 0. The van der Waals surface area contributed by atoms with Gasteiger partial charge in [-0.25, -0.2) is 9.97 Å². The van der Waals surface area contributed by atoms with Crippen molar-refractivity contribution in [2.24, 2.45) is 0 Å². The number of hydrogen-bond donors (Lipinski definition) is 0. The van der Waals surface area contributed by atoms with Gasteiger partial charge < -0.3 is 4.57 Å². The highest BCUT2D eigenvalue weighted by Crippen LogP contribution is 2.39. The molecule has 0 atom stereocenters. The lowest BCUT2D eigenvalue weighted by Crippen LogP contribution is -2.02. The molecule has 11 aromatic rings. The molecule has 0 aliphatic carbocycles. The minimum absolute atomic E-state index is 0.700. The molecule has 4 heteroatoms. The highest BCUT2D eigenvalue weighted by molar-refractivity contribution is 6.13. The maximum atomic E-state index is 5.21. The summed E-state index contributed by atoms with van der Waals surface area (Å²) in [4.78, 5) is 10.3. The Labute approximate surface area is 311 Å². The van der Waals surface area contributed by atoms with Gasteiger partial charge in [0.15, 0.2) is 5.82 Å². The molecule has 0 aliphatic rings. The Morgan fingerprint density at radius 3 is 1.52 bits per heavy atom. The quantitative estimate of drug-likeness (QED) is 0.180. The van der Waals surface area contributed by atoms with Crippen LogP contribution >= 0.6 is 0 Å². The van der Waals surface area contributed by atoms with E-state index in [0.29, 0.717) is 5.82 Å². The molecule has 3 aromatic heterocycles. The van der Waals surface area contributed by atoms with Crippen molar-refractivity contribution in [1.29, 1.82) is 0 Å². The van der Waals surface area contributed by atoms with Crippen molar-refractivity contribution < 1.29 is 0 Å². The van der Waals surface area contributed by atoms with Crippen LogP contribution in [0.5, 0.6) is 0 Å². The van der Waals surface area contributed by atoms with Crippen molar-refractivity contribution in [2.75, 3.05) is 0 Å². The third-order valence-corrected chi connectivity index (χ3v) is 10.7. The molecule has 0 saturated heterocycles. The van der Waals surface area contributed by atoms with Gasteiger partial charge in [0.25, 0.3) is 0 Å². The summed E-state index contributed by atoms with van der Waals surface area (Å²) in [6, 6.07) is 69.1. The Balaban J connectivity index is 1.10. The summed E-state index contributed by atoms with van der Waals surface area (Å²) in [5.41, 5.74) is 11.1. The molecule has 8 aromatic carbocycles. The molecule has 0 radical (unpaired) electrons. The SMILES string of the molecule is c1ccc(-c2cc(-n3c4ccccc4c4cc(-c5ccc6c(c5)c5ccccc5n6-c5cccc6ccccc56)ccc43)nc(-c3ccccc3)n2)cc1. The maximum absolute atomic E-state index is 5.21. The standard InChI is InChI=1S/C50H32N4/c1-3-15-34(16-4-1)43-32-49(52-50(51-43)35-17-5-2-6-18-35)54-46-24-12-10-22-40(46)42-31-37(27-29-48(42)54)36-26-28-47-41(30-36)39-21-9-11-23-45(39)53(47)44-25-13-19-33-14-7-8-20-38(33)44/h1-32H. The monoisotopic (exact) mass is 688 g/mol. The zero-order valence-corrected chi connectivity index (χ0v) is 29.3. The average molecular weight is 689 g/mol. The molecule has 0 unspecified atom stereocenters. The molecule has 0 N–H and O–H groups in total. The van der Waals surface area contributed by atoms with Crippen molar-refractivity contribution in [2.45, 2.75) is 0 Å². The van der Waals surface area contributed by atoms with Crippen molar-refractivity contribution in [3.05, 3.63) is 194 Å². The third-order valence-electron chi connectivity index (χ3n) is 10.7. The fourth-order valence-corrected chi connectivity index (χ4v) is 8.24. The molecule has 252 valence electrons. The summed E-state index contributed by atoms with van der Waals surface area (Å²) in [5, 5.41) is 7.32. The Bertz CT molecular complexity index is 3150. The van der Waals surface area contributed by atoms with E-state index in [2.05, 4.69) is 179 Å². The molecule has 3 heterocycles. The Morgan fingerprint density at radius 1 is 0.315 bits per heavy atom. The first-order chi connectivity index (χ1) is 26.8. The largest absolute Gasteiger partial charge is 0.309 e. The maximum Gasteiger partial charge on any atom is 0.162 e. The van der Waals surface area contributed by atoms with Gasteiger partial charge in [-0.15, -0.1) is 0 Å². The summed E-state index contributed by atoms with van der Waals surface area (Å²) >= 11 is 0. The third kappa shape index (κ3) is 4.78. The normalized spacial score (nSPS) is 11.7. The Hall–Kier alpha value is -7.30. The van der Waals surface area contributed by atoms with E-state index in [-0.39, 0.29) is 0 Å². The molecular formula is C50H32N4. The van der Waals surface area contributed by atoms with Gasteiger partial charge in [0.05, 0.1) is 33.4 Å². The van der Waals surface area contributed by atoms with E-state index in [9.17, 15) is 0 Å². The highest BCUT2D eigenvalue weighted by Gasteiger charge is 2.19. The summed E-state index contributed by atoms with van der Waals surface area (Å²) in [7, 11) is 0. The van der Waals surface area contributed by atoms with Gasteiger partial charge in [-0.3, -0.25) is 4.57 Å². The summed E-state index contributed by atoms with van der Waals surface area (Å²) in [5.74, 6) is 1.54. The van der Waals surface area contributed by atoms with Gasteiger partial charge in [0.2, 0.25) is 0 Å². The minimum atomic E-state index is 0.700. The minimum Gasteiger partial charge on any atom is -0.309 e. The van der Waals surface area contributed by atoms with Gasteiger partial charge >= 0.3 is 0 Å². The first-order valence-electron chi connectivity index (χ1n) is 18.3. The summed E-state index contributed by atoms with van der Waals surface area (Å²) in [6.45, 7) is 0. The van der Waals surface area contributed by atoms with Gasteiger partial charge in [-0.2, -0.15) is 0 Å². The van der Waals surface area contributed by atoms with E-state index in [1.807, 2.05) is 24.3 Å². The van der Waals surface area contributed by atoms with Crippen molar-refractivity contribution >= 4 is 54.4 Å². The Kier molecular flexibility index (Phi) is 6.82. The van der Waals surface area contributed by atoms with Crippen LogP contribution < -0.4 is 0 Å². The van der Waals surface area contributed by atoms with Crippen molar-refractivity contribution in [3.8, 4) is 45.3 Å². The van der Waals surface area contributed by atoms with Crippen LogP contribution in [0.1, 0.15) is 0 Å². The summed E-state index contributed by atoms with van der Waals surface area (Å²) in [6.07, 6.45) is 0. The Morgan fingerprint density at radius 2 is 0.833 bits per heavy atom. The topological polar surface area (TPSA) is 35.6 Å². The number of nitrogens with zero attached hydrogens (tertiary/aromatic N) is 4. The lowest BCUT2D eigenvalue weighted by molar-refractivity contribution is 1.05. The number of fused-ring (bicyclic) bond motifs is 7. The van der Waals surface area contributed by atoms with E-state index in [1.54, 1.807) is 0 Å². The van der Waals surface area contributed by atoms with Crippen molar-refractivity contribution in [1.82, 2.24) is 19.1 Å². The molecule has 0 amide bonds. The zero-order chi connectivity index (χ0) is 35.6. The van der Waals surface area contributed by atoms with Crippen LogP contribution in [0.15, 0.2) is 194 Å². The molecule has 0 fully saturated rings. The van der Waals surface area contributed by atoms with E-state index in [4.69, 9.17) is 9.97 Å². The number of rotatable bonds is 5. The second-order valence-electron chi connectivity index (χ2n) is 13.8. The van der Waals surface area contributed by atoms with Crippen LogP contribution in [0, 0.1) is 0 Å². The van der Waals surface area contributed by atoms with Gasteiger partial charge in [-0.1, -0.05) is 146 Å². The predicted octanol–water partition coefficient (Wildman–Crippen LogP) is 12.8. The van der Waals surface area contributed by atoms with E-state index >= 15 is 0 Å². The second-order valence-corrected chi connectivity index (χ2v) is 13.8. The molecular weight excluding hydrogens is 657 g/mol. The number of aromatic nitrogens is 4. The van der Waals surface area contributed by atoms with E-state index in [1.165, 1.54) is 60.2 Å². The average Bonchev–Trinajstić information content (AvgIpc) is 3.76. The first kappa shape index (κ1) is 30.3. The molecule has 54 heavy (non-hydrogen) atoms. The smallest absolute Gasteiger partial charge is 0.162 e. The summed E-state index contributed by atoms with van der Waals surface area (Å²) < 4.78 is 4.71.